The van der Waals surface area contributed by atoms with Gasteiger partial charge in [0.15, 0.2) is 0 Å². The lowest BCUT2D eigenvalue weighted by atomic mass is 10.4. The van der Waals surface area contributed by atoms with Crippen LogP contribution in [0.4, 0.5) is 4.79 Å². The Kier molecular flexibility index (Phi) is 5.94. The van der Waals surface area contributed by atoms with Crippen molar-refractivity contribution in [2.75, 3.05) is 27.2 Å². The Labute approximate surface area is 115 Å². The topological polar surface area (TPSA) is 44.4 Å². The fourth-order valence-electron chi connectivity index (χ4n) is 1.23. The van der Waals surface area contributed by atoms with Gasteiger partial charge in [0.05, 0.1) is 0 Å². The first-order valence-corrected chi connectivity index (χ1v) is 7.02. The first-order valence-electron chi connectivity index (χ1n) is 5.41. The van der Waals surface area contributed by atoms with E-state index in [9.17, 15) is 4.79 Å². The van der Waals surface area contributed by atoms with Gasteiger partial charge in [-0.2, -0.15) is 0 Å². The third kappa shape index (κ3) is 5.06. The molecule has 0 aliphatic carbocycles. The third-order valence-corrected chi connectivity index (χ3v) is 4.33. The van der Waals surface area contributed by atoms with Crippen molar-refractivity contribution in [1.82, 2.24) is 15.5 Å². The van der Waals surface area contributed by atoms with Crippen LogP contribution in [0.25, 0.3) is 0 Å². The van der Waals surface area contributed by atoms with Gasteiger partial charge in [0.1, 0.15) is 0 Å². The molecule has 2 N–H and O–H groups in total. The second kappa shape index (κ2) is 6.98. The predicted molar refractivity (Wildman–Crippen MR) is 75.5 cm³/mol. The van der Waals surface area contributed by atoms with E-state index in [0.717, 1.165) is 13.1 Å². The van der Waals surface area contributed by atoms with Crippen molar-refractivity contribution in [3.8, 4) is 0 Å². The van der Waals surface area contributed by atoms with Crippen molar-refractivity contribution < 1.29 is 4.79 Å². The molecule has 0 aromatic carbocycles. The number of urea groups is 1. The normalized spacial score (nSPS) is 10.4. The Bertz CT molecular complexity index is 359. The molecule has 0 unspecified atom stereocenters. The number of carbonyl (C=O) groups excluding carboxylic acids is 1. The van der Waals surface area contributed by atoms with Crippen molar-refractivity contribution in [1.29, 1.82) is 0 Å². The van der Waals surface area contributed by atoms with Crippen molar-refractivity contribution in [3.05, 3.63) is 20.3 Å². The molecular weight excluding hydrogens is 302 g/mol. The minimum Gasteiger partial charge on any atom is -0.337 e. The molecule has 0 spiro atoms. The highest BCUT2D eigenvalue weighted by Crippen LogP contribution is 2.25. The smallest absolute Gasteiger partial charge is 0.316 e. The molecule has 1 aromatic heterocycles. The fourth-order valence-corrected chi connectivity index (χ4v) is 2.80. The van der Waals surface area contributed by atoms with Gasteiger partial charge in [0.25, 0.3) is 0 Å². The summed E-state index contributed by atoms with van der Waals surface area (Å²) in [5, 5.41) is 6.10. The summed E-state index contributed by atoms with van der Waals surface area (Å²) in [5.74, 6) is 0. The standard InChI is InChI=1S/C11H18BrN3OS/c1-8-10(12)6-9(17-8)7-13-4-5-14-11(16)15(2)3/h6,13H,4-5,7H2,1-3H3,(H,14,16). The van der Waals surface area contributed by atoms with Crippen LogP contribution in [0.3, 0.4) is 0 Å². The van der Waals surface area contributed by atoms with E-state index in [4.69, 9.17) is 0 Å². The molecule has 1 heterocycles. The Balaban J connectivity index is 2.14. The zero-order chi connectivity index (χ0) is 12.8. The van der Waals surface area contributed by atoms with E-state index in [1.165, 1.54) is 19.1 Å². The van der Waals surface area contributed by atoms with Gasteiger partial charge < -0.3 is 15.5 Å². The van der Waals surface area contributed by atoms with Gasteiger partial charge in [-0.1, -0.05) is 0 Å². The molecule has 0 saturated carbocycles. The number of hydrogen-bond donors (Lipinski definition) is 2. The molecule has 1 aromatic rings. The zero-order valence-electron chi connectivity index (χ0n) is 10.3. The number of nitrogens with zero attached hydrogens (tertiary/aromatic N) is 1. The minimum atomic E-state index is -0.0542. The first kappa shape index (κ1) is 14.5. The maximum absolute atomic E-state index is 11.2. The summed E-state index contributed by atoms with van der Waals surface area (Å²) in [6.07, 6.45) is 0. The number of nitrogens with one attached hydrogen (secondary N) is 2. The average Bonchev–Trinajstić information content (AvgIpc) is 2.57. The molecule has 0 fully saturated rings. The molecule has 4 nitrogen and oxygen atoms in total. The van der Waals surface area contributed by atoms with Crippen molar-refractivity contribution in [2.24, 2.45) is 0 Å². The Morgan fingerprint density at radius 2 is 2.18 bits per heavy atom. The Morgan fingerprint density at radius 3 is 2.71 bits per heavy atom. The quantitative estimate of drug-likeness (QED) is 0.817. The van der Waals surface area contributed by atoms with Crippen LogP contribution in [-0.2, 0) is 6.54 Å². The fraction of sp³-hybridized carbons (Fsp3) is 0.545. The summed E-state index contributed by atoms with van der Waals surface area (Å²) in [4.78, 5) is 15.3. The largest absolute Gasteiger partial charge is 0.337 e. The summed E-state index contributed by atoms with van der Waals surface area (Å²) in [6, 6.07) is 2.08. The van der Waals surface area contributed by atoms with Crippen LogP contribution in [0.15, 0.2) is 10.5 Å². The Hall–Kier alpha value is -0.590. The van der Waals surface area contributed by atoms with Crippen LogP contribution in [-0.4, -0.2) is 38.1 Å². The number of halogens is 1. The second-order valence-corrected chi connectivity index (χ2v) is 6.12. The first-order chi connectivity index (χ1) is 8.00. The molecule has 0 radical (unpaired) electrons. The van der Waals surface area contributed by atoms with E-state index >= 15 is 0 Å². The lowest BCUT2D eigenvalue weighted by molar-refractivity contribution is 0.217. The zero-order valence-corrected chi connectivity index (χ0v) is 12.7. The molecule has 0 atom stereocenters. The monoisotopic (exact) mass is 319 g/mol. The highest BCUT2D eigenvalue weighted by atomic mass is 79.9. The highest BCUT2D eigenvalue weighted by molar-refractivity contribution is 9.10. The Morgan fingerprint density at radius 1 is 1.47 bits per heavy atom. The van der Waals surface area contributed by atoms with Gasteiger partial charge in [-0.15, -0.1) is 11.3 Å². The molecule has 0 saturated heterocycles. The van der Waals surface area contributed by atoms with Crippen molar-refractivity contribution in [2.45, 2.75) is 13.5 Å². The summed E-state index contributed by atoms with van der Waals surface area (Å²) >= 11 is 5.27. The van der Waals surface area contributed by atoms with E-state index in [2.05, 4.69) is 39.6 Å². The molecule has 96 valence electrons. The number of amides is 2. The minimum absolute atomic E-state index is 0.0542. The summed E-state index contributed by atoms with van der Waals surface area (Å²) in [5.41, 5.74) is 0. The van der Waals surface area contributed by atoms with Crippen LogP contribution in [0.1, 0.15) is 9.75 Å². The molecule has 0 aliphatic rings. The van der Waals surface area contributed by atoms with E-state index in [-0.39, 0.29) is 6.03 Å². The molecule has 6 heteroatoms. The van der Waals surface area contributed by atoms with E-state index < -0.39 is 0 Å². The molecule has 17 heavy (non-hydrogen) atoms. The molecule has 0 bridgehead atoms. The molecule has 2 amide bonds. The molecule has 0 aliphatic heterocycles. The lowest BCUT2D eigenvalue weighted by Crippen LogP contribution is -2.38. The maximum atomic E-state index is 11.2. The summed E-state index contributed by atoms with van der Waals surface area (Å²) in [7, 11) is 3.46. The second-order valence-electron chi connectivity index (χ2n) is 3.92. The van der Waals surface area contributed by atoms with Crippen LogP contribution >= 0.6 is 27.3 Å². The number of carbonyl (C=O) groups is 1. The van der Waals surface area contributed by atoms with E-state index in [0.29, 0.717) is 6.54 Å². The molecule has 1 rings (SSSR count). The van der Waals surface area contributed by atoms with Crippen LogP contribution in [0, 0.1) is 6.92 Å². The van der Waals surface area contributed by atoms with Crippen LogP contribution < -0.4 is 10.6 Å². The number of aryl methyl sites for hydroxylation is 1. The predicted octanol–water partition coefficient (Wildman–Crippen LogP) is 2.18. The number of thiophene rings is 1. The van der Waals surface area contributed by atoms with Crippen molar-refractivity contribution >= 4 is 33.3 Å². The van der Waals surface area contributed by atoms with E-state index in [1.807, 2.05) is 0 Å². The highest BCUT2D eigenvalue weighted by Gasteiger charge is 2.03. The van der Waals surface area contributed by atoms with Crippen molar-refractivity contribution in [3.63, 3.8) is 0 Å². The number of hydrogen-bond acceptors (Lipinski definition) is 3. The average molecular weight is 320 g/mol. The van der Waals surface area contributed by atoms with E-state index in [1.54, 1.807) is 25.4 Å². The van der Waals surface area contributed by atoms with Gasteiger partial charge >= 0.3 is 6.03 Å². The van der Waals surface area contributed by atoms with Gasteiger partial charge in [-0.25, -0.2) is 4.79 Å². The van der Waals surface area contributed by atoms with Gasteiger partial charge in [-0.05, 0) is 28.9 Å². The maximum Gasteiger partial charge on any atom is 0.316 e. The summed E-state index contributed by atoms with van der Waals surface area (Å²) in [6.45, 7) is 4.35. The summed E-state index contributed by atoms with van der Waals surface area (Å²) < 4.78 is 1.17. The SMILES string of the molecule is Cc1sc(CNCCNC(=O)N(C)C)cc1Br. The van der Waals surface area contributed by atoms with Gasteiger partial charge in [0, 0.05) is 48.0 Å². The van der Waals surface area contributed by atoms with Gasteiger partial charge in [-0.3, -0.25) is 0 Å². The molecular formula is C11H18BrN3OS. The number of rotatable bonds is 5. The van der Waals surface area contributed by atoms with Crippen LogP contribution in [0.5, 0.6) is 0 Å². The third-order valence-electron chi connectivity index (χ3n) is 2.19. The van der Waals surface area contributed by atoms with Crippen LogP contribution in [0.2, 0.25) is 0 Å². The van der Waals surface area contributed by atoms with Gasteiger partial charge in [0.2, 0.25) is 0 Å². The lowest BCUT2D eigenvalue weighted by Gasteiger charge is -2.11.